The second kappa shape index (κ2) is 3.89. The monoisotopic (exact) mass is 106 g/mol. The molecule has 0 rings (SSSR count). The molecule has 0 spiro atoms. The van der Waals surface area contributed by atoms with Crippen molar-refractivity contribution < 1.29 is 0 Å². The van der Waals surface area contributed by atoms with Crippen molar-refractivity contribution in [3.05, 3.63) is 11.6 Å². The fourth-order valence-electron chi connectivity index (χ4n) is 0.286. The van der Waals surface area contributed by atoms with Gasteiger partial charge in [-0.3, -0.25) is 0 Å². The van der Waals surface area contributed by atoms with Gasteiger partial charge in [-0.1, -0.05) is 0 Å². The molecule has 0 bridgehead atoms. The van der Waals surface area contributed by atoms with Gasteiger partial charge in [0.25, 0.3) is 0 Å². The maximum absolute atomic E-state index is 8.06. The van der Waals surface area contributed by atoms with Gasteiger partial charge in [-0.15, -0.1) is 0 Å². The molecule has 0 amide bonds. The van der Waals surface area contributed by atoms with Crippen molar-refractivity contribution in [3.63, 3.8) is 0 Å². The molecule has 0 saturated heterocycles. The summed E-state index contributed by atoms with van der Waals surface area (Å²) in [5.74, 6) is 0. The minimum absolute atomic E-state index is 0.355. The van der Waals surface area contributed by atoms with Crippen LogP contribution in [0.5, 0.6) is 0 Å². The van der Waals surface area contributed by atoms with Crippen LogP contribution in [0.3, 0.4) is 0 Å². The van der Waals surface area contributed by atoms with E-state index in [9.17, 15) is 0 Å². The SMILES string of the molecule is CC(=CC#N)CC#N. The molecule has 2 heteroatoms. The fourth-order valence-corrected chi connectivity index (χ4v) is 0.286. The molecule has 0 unspecified atom stereocenters. The van der Waals surface area contributed by atoms with Crippen LogP contribution in [-0.2, 0) is 0 Å². The van der Waals surface area contributed by atoms with E-state index in [4.69, 9.17) is 10.5 Å². The fraction of sp³-hybridized carbons (Fsp3) is 0.333. The first-order valence-corrected chi connectivity index (χ1v) is 2.23. The van der Waals surface area contributed by atoms with E-state index in [0.717, 1.165) is 5.57 Å². The summed E-state index contributed by atoms with van der Waals surface area (Å²) < 4.78 is 0. The predicted octanol–water partition coefficient (Wildman–Crippen LogP) is 1.37. The van der Waals surface area contributed by atoms with Crippen molar-refractivity contribution >= 4 is 0 Å². The molecule has 0 aliphatic carbocycles. The van der Waals surface area contributed by atoms with Gasteiger partial charge in [-0.25, -0.2) is 0 Å². The molecule has 40 valence electrons. The number of allylic oxidation sites excluding steroid dienone is 2. The molecule has 0 heterocycles. The normalized spacial score (nSPS) is 9.62. The van der Waals surface area contributed by atoms with E-state index in [1.165, 1.54) is 6.08 Å². The molecule has 0 aromatic heterocycles. The maximum Gasteiger partial charge on any atom is 0.0911 e. The first-order chi connectivity index (χ1) is 3.81. The molecule has 2 nitrogen and oxygen atoms in total. The van der Waals surface area contributed by atoms with E-state index in [2.05, 4.69) is 0 Å². The number of nitrogens with zero attached hydrogens (tertiary/aromatic N) is 2. The Balaban J connectivity index is 3.71. The van der Waals surface area contributed by atoms with Crippen LogP contribution >= 0.6 is 0 Å². The van der Waals surface area contributed by atoms with Crippen molar-refractivity contribution in [1.82, 2.24) is 0 Å². The Morgan fingerprint density at radius 3 is 2.62 bits per heavy atom. The Morgan fingerprint density at radius 2 is 2.25 bits per heavy atom. The molecule has 0 fully saturated rings. The molecule has 0 aromatic carbocycles. The van der Waals surface area contributed by atoms with Crippen LogP contribution in [0.1, 0.15) is 13.3 Å². The predicted molar refractivity (Wildman–Crippen MR) is 29.6 cm³/mol. The highest BCUT2D eigenvalue weighted by atomic mass is 14.2. The second-order valence-electron chi connectivity index (χ2n) is 1.45. The number of nitriles is 2. The lowest BCUT2D eigenvalue weighted by atomic mass is 10.2. The second-order valence-corrected chi connectivity index (χ2v) is 1.45. The summed E-state index contributed by atoms with van der Waals surface area (Å²) in [7, 11) is 0. The van der Waals surface area contributed by atoms with Gasteiger partial charge in [0.05, 0.1) is 18.6 Å². The van der Waals surface area contributed by atoms with Crippen LogP contribution in [0.2, 0.25) is 0 Å². The molecule has 0 atom stereocenters. The summed E-state index contributed by atoms with van der Waals surface area (Å²) in [5.41, 5.74) is 0.815. The Hall–Kier alpha value is -1.28. The van der Waals surface area contributed by atoms with Gasteiger partial charge < -0.3 is 0 Å². The number of rotatable bonds is 1. The minimum atomic E-state index is 0.355. The Labute approximate surface area is 48.7 Å². The molecular weight excluding hydrogens is 100 g/mol. The van der Waals surface area contributed by atoms with Crippen LogP contribution in [-0.4, -0.2) is 0 Å². The highest BCUT2D eigenvalue weighted by Crippen LogP contribution is 1.94. The topological polar surface area (TPSA) is 47.6 Å². The van der Waals surface area contributed by atoms with Crippen molar-refractivity contribution in [2.75, 3.05) is 0 Å². The Bertz CT molecular complexity index is 166. The van der Waals surface area contributed by atoms with Crippen molar-refractivity contribution in [1.29, 1.82) is 10.5 Å². The van der Waals surface area contributed by atoms with E-state index in [1.54, 1.807) is 6.92 Å². The molecule has 8 heavy (non-hydrogen) atoms. The highest BCUT2D eigenvalue weighted by molar-refractivity contribution is 5.14. The Morgan fingerprint density at radius 1 is 1.62 bits per heavy atom. The third-order valence-corrected chi connectivity index (χ3v) is 0.669. The lowest BCUT2D eigenvalue weighted by molar-refractivity contribution is 1.21. The van der Waals surface area contributed by atoms with Crippen LogP contribution in [0, 0.1) is 22.7 Å². The molecule has 0 aliphatic rings. The van der Waals surface area contributed by atoms with Gasteiger partial charge in [0.15, 0.2) is 0 Å². The highest BCUT2D eigenvalue weighted by Gasteiger charge is 1.82. The zero-order valence-electron chi connectivity index (χ0n) is 4.68. The largest absolute Gasteiger partial charge is 0.198 e. The lowest BCUT2D eigenvalue weighted by Gasteiger charge is -1.81. The summed E-state index contributed by atoms with van der Waals surface area (Å²) >= 11 is 0. The minimum Gasteiger partial charge on any atom is -0.198 e. The maximum atomic E-state index is 8.06. The smallest absolute Gasteiger partial charge is 0.0911 e. The van der Waals surface area contributed by atoms with E-state index < -0.39 is 0 Å². The zero-order chi connectivity index (χ0) is 6.41. The van der Waals surface area contributed by atoms with E-state index >= 15 is 0 Å². The first-order valence-electron chi connectivity index (χ1n) is 2.23. The first kappa shape index (κ1) is 6.72. The van der Waals surface area contributed by atoms with Crippen LogP contribution in [0.15, 0.2) is 11.6 Å². The van der Waals surface area contributed by atoms with E-state index in [1.807, 2.05) is 12.1 Å². The molecule has 0 aromatic rings. The quantitative estimate of drug-likeness (QED) is 0.474. The molecular formula is C6H6N2. The summed E-state index contributed by atoms with van der Waals surface area (Å²) in [5, 5.41) is 16.1. The van der Waals surface area contributed by atoms with Gasteiger partial charge in [0, 0.05) is 6.08 Å². The van der Waals surface area contributed by atoms with Crippen LogP contribution in [0.25, 0.3) is 0 Å². The van der Waals surface area contributed by atoms with Gasteiger partial charge >= 0.3 is 0 Å². The van der Waals surface area contributed by atoms with Crippen molar-refractivity contribution in [2.24, 2.45) is 0 Å². The molecule has 0 N–H and O–H groups in total. The van der Waals surface area contributed by atoms with Gasteiger partial charge in [0.1, 0.15) is 0 Å². The number of hydrogen-bond acceptors (Lipinski definition) is 2. The molecule has 0 aliphatic heterocycles. The summed E-state index contributed by atoms with van der Waals surface area (Å²) in [6.07, 6.45) is 1.73. The van der Waals surface area contributed by atoms with Crippen molar-refractivity contribution in [3.8, 4) is 12.1 Å². The summed E-state index contributed by atoms with van der Waals surface area (Å²) in [6, 6.07) is 3.77. The van der Waals surface area contributed by atoms with Gasteiger partial charge in [-0.2, -0.15) is 10.5 Å². The van der Waals surface area contributed by atoms with Gasteiger partial charge in [0.2, 0.25) is 0 Å². The Kier molecular flexibility index (Phi) is 3.27. The third-order valence-electron chi connectivity index (χ3n) is 0.669. The standard InChI is InChI=1S/C6H6N2/c1-6(2-4-7)3-5-8/h2H,3H2,1H3. The average Bonchev–Trinajstić information content (AvgIpc) is 1.68. The van der Waals surface area contributed by atoms with E-state index in [0.29, 0.717) is 6.42 Å². The molecule has 0 radical (unpaired) electrons. The van der Waals surface area contributed by atoms with Gasteiger partial charge in [-0.05, 0) is 12.5 Å². The third kappa shape index (κ3) is 2.93. The molecule has 0 saturated carbocycles. The van der Waals surface area contributed by atoms with E-state index in [-0.39, 0.29) is 0 Å². The zero-order valence-corrected chi connectivity index (χ0v) is 4.68. The summed E-state index contributed by atoms with van der Waals surface area (Å²) in [4.78, 5) is 0. The lowest BCUT2D eigenvalue weighted by Crippen LogP contribution is -1.68. The van der Waals surface area contributed by atoms with Crippen LogP contribution < -0.4 is 0 Å². The summed E-state index contributed by atoms with van der Waals surface area (Å²) in [6.45, 7) is 1.76. The number of hydrogen-bond donors (Lipinski definition) is 0. The van der Waals surface area contributed by atoms with Crippen molar-refractivity contribution in [2.45, 2.75) is 13.3 Å². The average molecular weight is 106 g/mol. The van der Waals surface area contributed by atoms with Crippen LogP contribution in [0.4, 0.5) is 0 Å².